The van der Waals surface area contributed by atoms with Crippen LogP contribution in [0.15, 0.2) is 35.5 Å². The summed E-state index contributed by atoms with van der Waals surface area (Å²) in [6, 6.07) is 1.39. The first kappa shape index (κ1) is 26.6. The van der Waals surface area contributed by atoms with E-state index in [1.165, 1.54) is 17.8 Å². The summed E-state index contributed by atoms with van der Waals surface area (Å²) >= 11 is 1.48. The first-order chi connectivity index (χ1) is 18.3. The minimum absolute atomic E-state index is 0.0142. The van der Waals surface area contributed by atoms with Crippen molar-refractivity contribution >= 4 is 35.3 Å². The van der Waals surface area contributed by atoms with Gasteiger partial charge in [0.15, 0.2) is 0 Å². The summed E-state index contributed by atoms with van der Waals surface area (Å²) in [5.74, 6) is 0.569. The fraction of sp³-hybridized carbons (Fsp3) is 0.556. The van der Waals surface area contributed by atoms with Gasteiger partial charge in [-0.25, -0.2) is 9.78 Å². The van der Waals surface area contributed by atoms with Gasteiger partial charge in [-0.2, -0.15) is 0 Å². The van der Waals surface area contributed by atoms with Gasteiger partial charge in [0.05, 0.1) is 34.8 Å². The second-order valence-electron chi connectivity index (χ2n) is 10.7. The van der Waals surface area contributed by atoms with Crippen molar-refractivity contribution in [1.82, 2.24) is 25.8 Å². The molecule has 0 bridgehead atoms. The lowest BCUT2D eigenvalue weighted by Crippen LogP contribution is -2.62. The molecule has 0 aliphatic carbocycles. The maximum Gasteiger partial charge on any atom is 0.326 e. The van der Waals surface area contributed by atoms with Gasteiger partial charge in [0.25, 0.3) is 5.91 Å². The molecular formula is C27H36N6O4S. The van der Waals surface area contributed by atoms with Crippen LogP contribution in [0.1, 0.15) is 38.7 Å². The van der Waals surface area contributed by atoms with E-state index >= 15 is 0 Å². The van der Waals surface area contributed by atoms with Crippen LogP contribution in [0.2, 0.25) is 0 Å². The zero-order valence-electron chi connectivity index (χ0n) is 22.2. The van der Waals surface area contributed by atoms with E-state index in [1.807, 2.05) is 13.0 Å². The number of hydrogen-bond acceptors (Lipinski definition) is 7. The summed E-state index contributed by atoms with van der Waals surface area (Å²) in [6.07, 6.45) is 5.41. The lowest BCUT2D eigenvalue weighted by molar-refractivity contribution is -0.128. The Morgan fingerprint density at radius 3 is 2.92 bits per heavy atom. The molecule has 0 radical (unpaired) electrons. The van der Waals surface area contributed by atoms with Gasteiger partial charge < -0.3 is 25.6 Å². The molecule has 5 heterocycles. The average molecular weight is 541 g/mol. The lowest BCUT2D eigenvalue weighted by atomic mass is 9.86. The van der Waals surface area contributed by atoms with Gasteiger partial charge in [-0.15, -0.1) is 0 Å². The number of pyridine rings is 1. The zero-order valence-corrected chi connectivity index (χ0v) is 23.0. The number of ether oxygens (including phenoxy) is 1. The molecule has 3 unspecified atom stereocenters. The second-order valence-corrected chi connectivity index (χ2v) is 11.9. The largest absolute Gasteiger partial charge is 0.477 e. The van der Waals surface area contributed by atoms with Crippen molar-refractivity contribution in [2.24, 2.45) is 11.8 Å². The van der Waals surface area contributed by atoms with Gasteiger partial charge in [-0.1, -0.05) is 32.2 Å². The molecule has 0 spiro atoms. The fourth-order valence-electron chi connectivity index (χ4n) is 5.68. The molecule has 204 valence electrons. The molecule has 4 aliphatic heterocycles. The Labute approximate surface area is 227 Å². The molecular weight excluding hydrogens is 504 g/mol. The molecule has 10 nitrogen and oxygen atoms in total. The smallest absolute Gasteiger partial charge is 0.326 e. The third-order valence-electron chi connectivity index (χ3n) is 7.47. The van der Waals surface area contributed by atoms with Crippen molar-refractivity contribution in [2.75, 3.05) is 31.1 Å². The molecule has 4 aliphatic rings. The molecule has 3 N–H and O–H groups in total. The summed E-state index contributed by atoms with van der Waals surface area (Å²) < 4.78 is 5.78. The van der Waals surface area contributed by atoms with Crippen molar-refractivity contribution in [2.45, 2.75) is 57.5 Å². The predicted molar refractivity (Wildman–Crippen MR) is 147 cm³/mol. The number of piperidine rings is 2. The maximum absolute atomic E-state index is 13.5. The quantitative estimate of drug-likeness (QED) is 0.455. The van der Waals surface area contributed by atoms with Gasteiger partial charge in [0.1, 0.15) is 0 Å². The molecule has 4 atom stereocenters. The molecule has 11 heteroatoms. The van der Waals surface area contributed by atoms with E-state index in [0.717, 1.165) is 37.1 Å². The highest BCUT2D eigenvalue weighted by Crippen LogP contribution is 2.48. The third-order valence-corrected chi connectivity index (χ3v) is 8.83. The van der Waals surface area contributed by atoms with Gasteiger partial charge in [0.2, 0.25) is 11.8 Å². The van der Waals surface area contributed by atoms with Gasteiger partial charge in [-0.05, 0) is 50.3 Å². The van der Waals surface area contributed by atoms with Crippen molar-refractivity contribution in [1.29, 1.82) is 0 Å². The van der Waals surface area contributed by atoms with E-state index < -0.39 is 0 Å². The van der Waals surface area contributed by atoms with Gasteiger partial charge >= 0.3 is 6.03 Å². The molecule has 4 amide bonds. The highest BCUT2D eigenvalue weighted by Gasteiger charge is 2.52. The topological polar surface area (TPSA) is 116 Å². The summed E-state index contributed by atoms with van der Waals surface area (Å²) in [7, 11) is 0. The van der Waals surface area contributed by atoms with Crippen LogP contribution in [0.4, 0.5) is 10.5 Å². The minimum Gasteiger partial charge on any atom is -0.477 e. The monoisotopic (exact) mass is 540 g/mol. The number of amides is 4. The highest BCUT2D eigenvalue weighted by molar-refractivity contribution is 8.04. The van der Waals surface area contributed by atoms with Crippen LogP contribution in [-0.2, 0) is 9.59 Å². The summed E-state index contributed by atoms with van der Waals surface area (Å²) in [6.45, 7) is 12.1. The fourth-order valence-corrected chi connectivity index (χ4v) is 7.08. The van der Waals surface area contributed by atoms with Gasteiger partial charge in [0, 0.05) is 36.8 Å². The van der Waals surface area contributed by atoms with Gasteiger partial charge in [-0.3, -0.25) is 14.5 Å². The number of thioether (sulfide) groups is 1. The van der Waals surface area contributed by atoms with Crippen LogP contribution in [0, 0.1) is 18.8 Å². The number of likely N-dealkylation sites (tertiary alicyclic amines) is 1. The number of aryl methyl sites for hydroxylation is 1. The number of nitrogens with zero attached hydrogens (tertiary/aromatic N) is 3. The number of carbonyl (C=O) groups excluding carboxylic acids is 3. The molecule has 5 rings (SSSR count). The van der Waals surface area contributed by atoms with Crippen molar-refractivity contribution in [3.8, 4) is 5.88 Å². The first-order valence-electron chi connectivity index (χ1n) is 13.3. The van der Waals surface area contributed by atoms with E-state index in [0.29, 0.717) is 42.1 Å². The third kappa shape index (κ3) is 5.13. The van der Waals surface area contributed by atoms with E-state index in [9.17, 15) is 14.4 Å². The number of aromatic nitrogens is 1. The number of rotatable bonds is 7. The number of carbonyl (C=O) groups is 3. The SMILES string of the molecule is C=CC(=O)N1CCC[C@@H](NC(=O)C2=C3NC(=O)N(c4cnc(OCC(C)C)cc4C)C4CCNC(S2)C34)C1. The molecule has 1 aromatic heterocycles. The van der Waals surface area contributed by atoms with Crippen LogP contribution in [0.5, 0.6) is 5.88 Å². The van der Waals surface area contributed by atoms with E-state index in [4.69, 9.17) is 4.74 Å². The Hall–Kier alpha value is -3.05. The lowest BCUT2D eigenvalue weighted by Gasteiger charge is -2.46. The number of nitrogens with one attached hydrogen (secondary N) is 3. The van der Waals surface area contributed by atoms with Crippen LogP contribution in [-0.4, -0.2) is 71.4 Å². The Balaban J connectivity index is 1.35. The van der Waals surface area contributed by atoms with Crippen LogP contribution < -0.4 is 25.6 Å². The summed E-state index contributed by atoms with van der Waals surface area (Å²) in [5.41, 5.74) is 2.35. The first-order valence-corrected chi connectivity index (χ1v) is 14.2. The summed E-state index contributed by atoms with van der Waals surface area (Å²) in [4.78, 5) is 47.5. The Bertz CT molecular complexity index is 1170. The molecule has 3 fully saturated rings. The Kier molecular flexibility index (Phi) is 7.67. The molecule has 0 aromatic carbocycles. The molecule has 0 saturated carbocycles. The minimum atomic E-state index is -0.254. The van der Waals surface area contributed by atoms with Crippen LogP contribution in [0.3, 0.4) is 0 Å². The molecule has 38 heavy (non-hydrogen) atoms. The normalized spacial score (nSPS) is 26.7. The van der Waals surface area contributed by atoms with Crippen LogP contribution >= 0.6 is 11.8 Å². The van der Waals surface area contributed by atoms with E-state index in [2.05, 4.69) is 41.4 Å². The number of urea groups is 1. The van der Waals surface area contributed by atoms with Crippen molar-refractivity contribution < 1.29 is 19.1 Å². The van der Waals surface area contributed by atoms with Crippen molar-refractivity contribution in [3.63, 3.8) is 0 Å². The van der Waals surface area contributed by atoms with Crippen LogP contribution in [0.25, 0.3) is 0 Å². The summed E-state index contributed by atoms with van der Waals surface area (Å²) in [5, 5.41) is 9.68. The average Bonchev–Trinajstić information content (AvgIpc) is 3.27. The van der Waals surface area contributed by atoms with Crippen molar-refractivity contribution in [3.05, 3.63) is 41.1 Å². The van der Waals surface area contributed by atoms with E-state index in [-0.39, 0.29) is 41.2 Å². The van der Waals surface area contributed by atoms with E-state index in [1.54, 1.807) is 16.0 Å². The highest BCUT2D eigenvalue weighted by atomic mass is 32.2. The molecule has 3 saturated heterocycles. The Morgan fingerprint density at radius 2 is 2.18 bits per heavy atom. The second kappa shape index (κ2) is 11.0. The zero-order chi connectivity index (χ0) is 27.0. The number of anilines is 1. The Morgan fingerprint density at radius 1 is 1.37 bits per heavy atom. The molecule has 1 aromatic rings. The maximum atomic E-state index is 13.5. The standard InChI is InChI=1S/C27H36N6O4S/c1-5-21(34)32-10-6-7-17(13-32)30-25(35)24-23-22-18(8-9-28-26(22)38-24)33(27(36)31-23)19-12-29-20(11-16(19)4)37-14-15(2)3/h5,11-12,15,17-18,22,26,28H,1,6-10,13-14H2,2-4H3,(H,30,35)(H,31,36)/t17-,18?,22?,26?/m1/s1. The predicted octanol–water partition coefficient (Wildman–Crippen LogP) is 2.51. The number of hydrogen-bond donors (Lipinski definition) is 3.